The molecule has 0 spiro atoms. The number of rotatable bonds is 7. The first kappa shape index (κ1) is 18.1. The molecule has 1 fully saturated rings. The third-order valence-corrected chi connectivity index (χ3v) is 4.68. The van der Waals surface area contributed by atoms with Crippen molar-refractivity contribution in [1.29, 1.82) is 0 Å². The number of para-hydroxylation sites is 1. The highest BCUT2D eigenvalue weighted by molar-refractivity contribution is 5.84. The molecule has 138 valence electrons. The van der Waals surface area contributed by atoms with Gasteiger partial charge in [-0.15, -0.1) is 0 Å². The van der Waals surface area contributed by atoms with Crippen LogP contribution in [0, 0.1) is 0 Å². The Labute approximate surface area is 153 Å². The first-order valence-corrected chi connectivity index (χ1v) is 8.85. The Morgan fingerprint density at radius 2 is 2.00 bits per heavy atom. The number of likely N-dealkylation sites (tertiary alicyclic amines) is 1. The van der Waals surface area contributed by atoms with Crippen molar-refractivity contribution in [2.24, 2.45) is 0 Å². The summed E-state index contributed by atoms with van der Waals surface area (Å²) in [6.45, 7) is 2.74. The normalized spacial score (nSPS) is 16.0. The molecular weight excluding hydrogens is 332 g/mol. The zero-order chi connectivity index (χ0) is 18.4. The molecule has 0 radical (unpaired) electrons. The number of piperidine rings is 1. The summed E-state index contributed by atoms with van der Waals surface area (Å²) in [6.07, 6.45) is 6.38. The number of carboxylic acids is 1. The number of ether oxygens (including phenoxy) is 1. The number of carbonyl (C=O) groups is 1. The number of hydrogen-bond donors (Lipinski definition) is 2. The predicted octanol–water partition coefficient (Wildman–Crippen LogP) is 2.82. The number of anilines is 1. The maximum absolute atomic E-state index is 10.9. The molecule has 0 saturated carbocycles. The Bertz CT molecular complexity index is 730. The van der Waals surface area contributed by atoms with Crippen LogP contribution in [-0.4, -0.2) is 52.7 Å². The van der Waals surface area contributed by atoms with Gasteiger partial charge in [-0.1, -0.05) is 24.6 Å². The minimum atomic E-state index is -1.08. The van der Waals surface area contributed by atoms with E-state index >= 15 is 0 Å². The van der Waals surface area contributed by atoms with E-state index in [9.17, 15) is 4.79 Å². The monoisotopic (exact) mass is 356 g/mol. The third-order valence-electron chi connectivity index (χ3n) is 4.68. The molecule has 2 aromatic rings. The van der Waals surface area contributed by atoms with Crippen molar-refractivity contribution in [3.63, 3.8) is 0 Å². The highest BCUT2D eigenvalue weighted by Gasteiger charge is 2.24. The molecule has 1 aromatic heterocycles. The molecule has 0 aliphatic carbocycles. The van der Waals surface area contributed by atoms with Gasteiger partial charge in [0.25, 0.3) is 0 Å². The molecule has 1 aliphatic rings. The maximum Gasteiger partial charge on any atom is 0.356 e. The lowest BCUT2D eigenvalue weighted by Crippen LogP contribution is -2.37. The van der Waals surface area contributed by atoms with E-state index < -0.39 is 5.97 Å². The quantitative estimate of drug-likeness (QED) is 0.789. The summed E-state index contributed by atoms with van der Waals surface area (Å²) in [7, 11) is 1.69. The summed E-state index contributed by atoms with van der Waals surface area (Å²) in [5.41, 5.74) is 1.08. The number of aromatic carboxylic acids is 1. The number of nitrogens with one attached hydrogen (secondary N) is 1. The summed E-state index contributed by atoms with van der Waals surface area (Å²) in [6, 6.07) is 8.22. The van der Waals surface area contributed by atoms with Crippen LogP contribution in [-0.2, 0) is 0 Å². The molecule has 1 saturated heterocycles. The van der Waals surface area contributed by atoms with Gasteiger partial charge in [0.05, 0.1) is 25.5 Å². The van der Waals surface area contributed by atoms with Gasteiger partial charge in [-0.3, -0.25) is 4.90 Å². The molecule has 3 rings (SSSR count). The van der Waals surface area contributed by atoms with Crippen LogP contribution in [0.25, 0.3) is 0 Å². The van der Waals surface area contributed by atoms with Crippen LogP contribution in [0.4, 0.5) is 5.82 Å². The number of methoxy groups -OCH3 is 1. The molecule has 1 aromatic carbocycles. The Balaban J connectivity index is 1.78. The van der Waals surface area contributed by atoms with Crippen molar-refractivity contribution in [3.8, 4) is 5.75 Å². The molecule has 26 heavy (non-hydrogen) atoms. The van der Waals surface area contributed by atoms with Gasteiger partial charge in [0.1, 0.15) is 11.6 Å². The van der Waals surface area contributed by atoms with E-state index in [1.165, 1.54) is 31.7 Å². The minimum Gasteiger partial charge on any atom is -0.496 e. The number of nitrogens with zero attached hydrogens (tertiary/aromatic N) is 3. The SMILES string of the molecule is COc1ccccc1C(CNc1cnc(C(=O)O)cn1)N1CCCCC1. The molecule has 0 amide bonds. The van der Waals surface area contributed by atoms with E-state index in [-0.39, 0.29) is 11.7 Å². The summed E-state index contributed by atoms with van der Waals surface area (Å²) in [4.78, 5) is 21.4. The van der Waals surface area contributed by atoms with E-state index in [0.29, 0.717) is 12.4 Å². The van der Waals surface area contributed by atoms with Crippen LogP contribution in [0.5, 0.6) is 5.75 Å². The lowest BCUT2D eigenvalue weighted by molar-refractivity contribution is 0.0690. The summed E-state index contributed by atoms with van der Waals surface area (Å²) < 4.78 is 5.56. The van der Waals surface area contributed by atoms with Crippen LogP contribution < -0.4 is 10.1 Å². The first-order valence-electron chi connectivity index (χ1n) is 8.85. The highest BCUT2D eigenvalue weighted by Crippen LogP contribution is 2.31. The van der Waals surface area contributed by atoms with E-state index in [1.54, 1.807) is 7.11 Å². The van der Waals surface area contributed by atoms with Gasteiger partial charge in [0, 0.05) is 12.1 Å². The van der Waals surface area contributed by atoms with Gasteiger partial charge in [0.2, 0.25) is 0 Å². The maximum atomic E-state index is 10.9. The second-order valence-corrected chi connectivity index (χ2v) is 6.33. The van der Waals surface area contributed by atoms with Crippen molar-refractivity contribution in [3.05, 3.63) is 47.9 Å². The molecule has 2 heterocycles. The smallest absolute Gasteiger partial charge is 0.356 e. The van der Waals surface area contributed by atoms with Crippen LogP contribution in [0.3, 0.4) is 0 Å². The molecule has 1 unspecified atom stereocenters. The van der Waals surface area contributed by atoms with Crippen molar-refractivity contribution in [2.75, 3.05) is 32.1 Å². The lowest BCUT2D eigenvalue weighted by Gasteiger charge is -2.35. The fraction of sp³-hybridized carbons (Fsp3) is 0.421. The number of aromatic nitrogens is 2. The van der Waals surface area contributed by atoms with Crippen LogP contribution >= 0.6 is 0 Å². The van der Waals surface area contributed by atoms with Gasteiger partial charge in [-0.05, 0) is 32.0 Å². The number of carboxylic acid groups (broad SMARTS) is 1. The molecule has 7 nitrogen and oxygen atoms in total. The van der Waals surface area contributed by atoms with E-state index in [1.807, 2.05) is 18.2 Å². The molecule has 0 bridgehead atoms. The zero-order valence-electron chi connectivity index (χ0n) is 14.9. The van der Waals surface area contributed by atoms with Gasteiger partial charge < -0.3 is 15.2 Å². The van der Waals surface area contributed by atoms with Crippen LogP contribution in [0.1, 0.15) is 41.4 Å². The predicted molar refractivity (Wildman–Crippen MR) is 98.6 cm³/mol. The number of hydrogen-bond acceptors (Lipinski definition) is 6. The highest BCUT2D eigenvalue weighted by atomic mass is 16.5. The topological polar surface area (TPSA) is 87.6 Å². The van der Waals surface area contributed by atoms with Crippen molar-refractivity contribution in [1.82, 2.24) is 14.9 Å². The van der Waals surface area contributed by atoms with E-state index in [4.69, 9.17) is 9.84 Å². The largest absolute Gasteiger partial charge is 0.496 e. The Hall–Kier alpha value is -2.67. The molecule has 1 aliphatic heterocycles. The van der Waals surface area contributed by atoms with Gasteiger partial charge in [0.15, 0.2) is 5.69 Å². The molecule has 1 atom stereocenters. The summed E-state index contributed by atoms with van der Waals surface area (Å²) >= 11 is 0. The fourth-order valence-electron chi connectivity index (χ4n) is 3.34. The summed E-state index contributed by atoms with van der Waals surface area (Å²) in [5.74, 6) is 0.355. The van der Waals surface area contributed by atoms with Gasteiger partial charge in [-0.25, -0.2) is 14.8 Å². The molecule has 2 N–H and O–H groups in total. The Morgan fingerprint density at radius 3 is 2.65 bits per heavy atom. The van der Waals surface area contributed by atoms with Crippen LogP contribution in [0.2, 0.25) is 0 Å². The standard InChI is InChI=1S/C19H24N4O3/c1-26-17-8-4-3-7-14(17)16(23-9-5-2-6-10-23)12-22-18-13-20-15(11-21-18)19(24)25/h3-4,7-8,11,13,16H,2,5-6,9-10,12H2,1H3,(H,21,22)(H,24,25). The second-order valence-electron chi connectivity index (χ2n) is 6.33. The third kappa shape index (κ3) is 4.29. The number of benzene rings is 1. The van der Waals surface area contributed by atoms with Gasteiger partial charge >= 0.3 is 5.97 Å². The molecule has 7 heteroatoms. The van der Waals surface area contributed by atoms with E-state index in [0.717, 1.165) is 24.4 Å². The van der Waals surface area contributed by atoms with Crippen molar-refractivity contribution in [2.45, 2.75) is 25.3 Å². The average Bonchev–Trinajstić information content (AvgIpc) is 2.69. The average molecular weight is 356 g/mol. The summed E-state index contributed by atoms with van der Waals surface area (Å²) in [5, 5.41) is 12.2. The minimum absolute atomic E-state index is 0.0622. The second kappa shape index (κ2) is 8.62. The van der Waals surface area contributed by atoms with Crippen molar-refractivity contribution < 1.29 is 14.6 Å². The van der Waals surface area contributed by atoms with Crippen LogP contribution in [0.15, 0.2) is 36.7 Å². The van der Waals surface area contributed by atoms with Gasteiger partial charge in [-0.2, -0.15) is 0 Å². The van der Waals surface area contributed by atoms with Crippen molar-refractivity contribution >= 4 is 11.8 Å². The molecular formula is C19H24N4O3. The zero-order valence-corrected chi connectivity index (χ0v) is 14.9. The fourth-order valence-corrected chi connectivity index (χ4v) is 3.34. The Morgan fingerprint density at radius 1 is 1.23 bits per heavy atom. The lowest BCUT2D eigenvalue weighted by atomic mass is 10.0. The Kier molecular flexibility index (Phi) is 6.01. The first-order chi connectivity index (χ1) is 12.7. The van der Waals surface area contributed by atoms with E-state index in [2.05, 4.69) is 26.3 Å².